The molecule has 38 heavy (non-hydrogen) atoms. The molecule has 0 saturated heterocycles. The summed E-state index contributed by atoms with van der Waals surface area (Å²) in [5.41, 5.74) is 0.610. The maximum Gasteiger partial charge on any atom is 0.408 e. The summed E-state index contributed by atoms with van der Waals surface area (Å²) in [7, 11) is 1.58. The molecule has 2 atom stereocenters. The summed E-state index contributed by atoms with van der Waals surface area (Å²) in [6, 6.07) is 14.6. The fourth-order valence-electron chi connectivity index (χ4n) is 4.26. The Labute approximate surface area is 229 Å². The number of hydrogen-bond acceptors (Lipinski definition) is 6. The van der Waals surface area contributed by atoms with Crippen molar-refractivity contribution in [2.45, 2.75) is 70.2 Å². The summed E-state index contributed by atoms with van der Waals surface area (Å²) < 4.78 is 10.7. The minimum Gasteiger partial charge on any atom is -0.497 e. The summed E-state index contributed by atoms with van der Waals surface area (Å²) in [4.78, 5) is 42.4. The largest absolute Gasteiger partial charge is 0.497 e. The molecule has 0 spiro atoms. The van der Waals surface area contributed by atoms with E-state index in [1.807, 2.05) is 36.6 Å². The van der Waals surface area contributed by atoms with Crippen LogP contribution in [0.3, 0.4) is 0 Å². The molecular formula is C29H39N3O5S. The summed E-state index contributed by atoms with van der Waals surface area (Å²) in [6.45, 7) is 5.34. The molecular weight excluding hydrogens is 502 g/mol. The first-order valence-electron chi connectivity index (χ1n) is 12.9. The number of carbonyl (C=O) groups is 3. The Hall–Kier alpha value is -3.20. The standard InChI is InChI=1S/C29H39N3O5S/c1-29(2,3)37-28(35)31-24(18-19-38-5)27(34)32(22-12-9-13-22)25(20-10-7-6-8-11-20)26(33)30-21-14-16-23(36-4)17-15-21/h6-8,10-11,14-17,22,24-25H,9,12-13,18-19H2,1-5H3,(H,30,33)(H,31,35). The van der Waals surface area contributed by atoms with E-state index in [0.717, 1.165) is 19.3 Å². The van der Waals surface area contributed by atoms with Crippen molar-refractivity contribution in [1.29, 1.82) is 0 Å². The zero-order chi connectivity index (χ0) is 27.7. The van der Waals surface area contributed by atoms with E-state index in [1.165, 1.54) is 0 Å². The van der Waals surface area contributed by atoms with Crippen LogP contribution < -0.4 is 15.4 Å². The number of amides is 3. The van der Waals surface area contributed by atoms with Gasteiger partial charge in [0.05, 0.1) is 7.11 Å². The average Bonchev–Trinajstić information content (AvgIpc) is 2.84. The number of nitrogens with one attached hydrogen (secondary N) is 2. The van der Waals surface area contributed by atoms with Crippen molar-refractivity contribution in [1.82, 2.24) is 10.2 Å². The highest BCUT2D eigenvalue weighted by Crippen LogP contribution is 2.34. The van der Waals surface area contributed by atoms with Crippen LogP contribution in [0.15, 0.2) is 54.6 Å². The summed E-state index contributed by atoms with van der Waals surface area (Å²) in [5, 5.41) is 5.77. The maximum absolute atomic E-state index is 14.2. The number of anilines is 1. The van der Waals surface area contributed by atoms with Gasteiger partial charge in [0.2, 0.25) is 5.91 Å². The van der Waals surface area contributed by atoms with Gasteiger partial charge < -0.3 is 25.0 Å². The molecule has 1 saturated carbocycles. The molecule has 0 radical (unpaired) electrons. The van der Waals surface area contributed by atoms with Gasteiger partial charge in [0, 0.05) is 11.7 Å². The van der Waals surface area contributed by atoms with Crippen molar-refractivity contribution in [3.8, 4) is 5.75 Å². The molecule has 8 nitrogen and oxygen atoms in total. The van der Waals surface area contributed by atoms with Gasteiger partial charge in [-0.2, -0.15) is 11.8 Å². The second-order valence-corrected chi connectivity index (χ2v) is 11.3. The number of alkyl carbamates (subject to hydrolysis) is 1. The zero-order valence-electron chi connectivity index (χ0n) is 22.9. The monoisotopic (exact) mass is 541 g/mol. The van der Waals surface area contributed by atoms with E-state index < -0.39 is 23.8 Å². The Morgan fingerprint density at radius 3 is 2.24 bits per heavy atom. The van der Waals surface area contributed by atoms with Crippen molar-refractivity contribution in [3.63, 3.8) is 0 Å². The summed E-state index contributed by atoms with van der Waals surface area (Å²) >= 11 is 1.59. The number of rotatable bonds is 11. The number of hydrogen-bond donors (Lipinski definition) is 2. The predicted molar refractivity (Wildman–Crippen MR) is 151 cm³/mol. The fraction of sp³-hybridized carbons (Fsp3) is 0.483. The Kier molecular flexibility index (Phi) is 10.5. The quantitative estimate of drug-likeness (QED) is 0.395. The van der Waals surface area contributed by atoms with Gasteiger partial charge in [-0.15, -0.1) is 0 Å². The first kappa shape index (κ1) is 29.4. The third-order valence-electron chi connectivity index (χ3n) is 6.32. The van der Waals surface area contributed by atoms with Crippen LogP contribution in [0.5, 0.6) is 5.75 Å². The average molecular weight is 542 g/mol. The molecule has 3 amide bonds. The molecule has 3 rings (SSSR count). The van der Waals surface area contributed by atoms with E-state index in [1.54, 1.807) is 68.8 Å². The van der Waals surface area contributed by atoms with Gasteiger partial charge >= 0.3 is 6.09 Å². The lowest BCUT2D eigenvalue weighted by atomic mass is 9.88. The zero-order valence-corrected chi connectivity index (χ0v) is 23.7. The van der Waals surface area contributed by atoms with E-state index >= 15 is 0 Å². The van der Waals surface area contributed by atoms with Gasteiger partial charge in [0.25, 0.3) is 5.91 Å². The molecule has 2 aromatic carbocycles. The molecule has 2 unspecified atom stereocenters. The lowest BCUT2D eigenvalue weighted by Crippen LogP contribution is -2.57. The predicted octanol–water partition coefficient (Wildman–Crippen LogP) is 5.40. The molecule has 2 aromatic rings. The molecule has 0 aromatic heterocycles. The smallest absolute Gasteiger partial charge is 0.408 e. The van der Waals surface area contributed by atoms with Gasteiger partial charge in [0.15, 0.2) is 0 Å². The number of methoxy groups -OCH3 is 1. The van der Waals surface area contributed by atoms with Gasteiger partial charge in [-0.3, -0.25) is 9.59 Å². The summed E-state index contributed by atoms with van der Waals surface area (Å²) in [5.74, 6) is 0.744. The number of thioether (sulfide) groups is 1. The van der Waals surface area contributed by atoms with E-state index in [0.29, 0.717) is 29.2 Å². The highest BCUT2D eigenvalue weighted by Gasteiger charge is 2.41. The van der Waals surface area contributed by atoms with Crippen molar-refractivity contribution in [2.75, 3.05) is 24.4 Å². The van der Waals surface area contributed by atoms with Crippen molar-refractivity contribution in [3.05, 3.63) is 60.2 Å². The third kappa shape index (κ3) is 8.15. The number of nitrogens with zero attached hydrogens (tertiary/aromatic N) is 1. The SMILES string of the molecule is COc1ccc(NC(=O)C(c2ccccc2)N(C(=O)C(CCSC)NC(=O)OC(C)(C)C)C2CCC2)cc1. The topological polar surface area (TPSA) is 97.0 Å². The second-order valence-electron chi connectivity index (χ2n) is 10.3. The maximum atomic E-state index is 14.2. The molecule has 2 N–H and O–H groups in total. The van der Waals surface area contributed by atoms with E-state index in [2.05, 4.69) is 10.6 Å². The van der Waals surface area contributed by atoms with Gasteiger partial charge in [-0.05, 0) is 88.3 Å². The number of ether oxygens (including phenoxy) is 2. The minimum absolute atomic E-state index is 0.105. The van der Waals surface area contributed by atoms with Crippen LogP contribution in [0.1, 0.15) is 58.1 Å². The summed E-state index contributed by atoms with van der Waals surface area (Å²) in [6.07, 6.45) is 4.30. The molecule has 1 aliphatic rings. The molecule has 0 heterocycles. The van der Waals surface area contributed by atoms with Gasteiger partial charge in [-0.25, -0.2) is 4.79 Å². The number of carbonyl (C=O) groups excluding carboxylic acids is 3. The van der Waals surface area contributed by atoms with E-state index in [4.69, 9.17) is 9.47 Å². The van der Waals surface area contributed by atoms with E-state index in [-0.39, 0.29) is 17.9 Å². The Balaban J connectivity index is 1.95. The first-order chi connectivity index (χ1) is 18.1. The molecule has 9 heteroatoms. The second kappa shape index (κ2) is 13.6. The van der Waals surface area contributed by atoms with Gasteiger partial charge in [0.1, 0.15) is 23.4 Å². The lowest BCUT2D eigenvalue weighted by molar-refractivity contribution is -0.145. The minimum atomic E-state index is -0.867. The van der Waals surface area contributed by atoms with Crippen LogP contribution in [0.4, 0.5) is 10.5 Å². The lowest BCUT2D eigenvalue weighted by Gasteiger charge is -2.43. The highest BCUT2D eigenvalue weighted by molar-refractivity contribution is 7.98. The Bertz CT molecular complexity index is 1070. The Morgan fingerprint density at radius 1 is 1.05 bits per heavy atom. The Morgan fingerprint density at radius 2 is 1.71 bits per heavy atom. The molecule has 206 valence electrons. The van der Waals surface area contributed by atoms with Crippen molar-refractivity contribution >= 4 is 35.4 Å². The highest BCUT2D eigenvalue weighted by atomic mass is 32.2. The first-order valence-corrected chi connectivity index (χ1v) is 14.3. The van der Waals surface area contributed by atoms with Gasteiger partial charge in [-0.1, -0.05) is 30.3 Å². The van der Waals surface area contributed by atoms with Crippen LogP contribution in [-0.4, -0.2) is 59.6 Å². The van der Waals surface area contributed by atoms with Crippen LogP contribution in [0.25, 0.3) is 0 Å². The molecule has 1 fully saturated rings. The van der Waals surface area contributed by atoms with E-state index in [9.17, 15) is 14.4 Å². The number of benzene rings is 2. The normalized spacial score (nSPS) is 15.0. The molecule has 1 aliphatic carbocycles. The molecule has 0 bridgehead atoms. The fourth-order valence-corrected chi connectivity index (χ4v) is 4.74. The van der Waals surface area contributed by atoms with Crippen LogP contribution >= 0.6 is 11.8 Å². The molecule has 0 aliphatic heterocycles. The van der Waals surface area contributed by atoms with Crippen LogP contribution in [0, 0.1) is 0 Å². The van der Waals surface area contributed by atoms with Crippen molar-refractivity contribution in [2.24, 2.45) is 0 Å². The van der Waals surface area contributed by atoms with Crippen molar-refractivity contribution < 1.29 is 23.9 Å². The van der Waals surface area contributed by atoms with Crippen LogP contribution in [0.2, 0.25) is 0 Å². The van der Waals surface area contributed by atoms with Crippen LogP contribution in [-0.2, 0) is 14.3 Å². The third-order valence-corrected chi connectivity index (χ3v) is 6.97.